The number of hydrogen-bond acceptors (Lipinski definition) is 3. The molecule has 1 heterocycles. The number of nitrogens with two attached hydrogens (primary N) is 1. The molecule has 2 N–H and O–H groups in total. The third-order valence-corrected chi connectivity index (χ3v) is 3.56. The van der Waals surface area contributed by atoms with Crippen LogP contribution in [0.4, 0.5) is 0 Å². The summed E-state index contributed by atoms with van der Waals surface area (Å²) in [6.07, 6.45) is 7.60. The first kappa shape index (κ1) is 12.2. The molecule has 2 unspecified atom stereocenters. The van der Waals surface area contributed by atoms with Gasteiger partial charge in [0.2, 0.25) is 0 Å². The zero-order chi connectivity index (χ0) is 12.1. The SMILES string of the molecule is NC1CCCCCC1C(=O)Cc1ccccn1. The predicted molar refractivity (Wildman–Crippen MR) is 67.5 cm³/mol. The average molecular weight is 232 g/mol. The van der Waals surface area contributed by atoms with Crippen molar-refractivity contribution in [1.29, 1.82) is 0 Å². The first-order chi connectivity index (χ1) is 8.27. The number of pyridine rings is 1. The minimum atomic E-state index is 0.0412. The molecule has 3 heteroatoms. The van der Waals surface area contributed by atoms with Gasteiger partial charge in [-0.25, -0.2) is 0 Å². The van der Waals surface area contributed by atoms with Crippen molar-refractivity contribution in [2.75, 3.05) is 0 Å². The number of Topliss-reactive ketones (excluding diaryl/α,β-unsaturated/α-hetero) is 1. The summed E-state index contributed by atoms with van der Waals surface area (Å²) in [6, 6.07) is 5.74. The Morgan fingerprint density at radius 1 is 1.29 bits per heavy atom. The molecule has 0 saturated heterocycles. The van der Waals surface area contributed by atoms with Gasteiger partial charge in [-0.2, -0.15) is 0 Å². The van der Waals surface area contributed by atoms with Crippen LogP contribution in [0, 0.1) is 5.92 Å². The van der Waals surface area contributed by atoms with E-state index in [4.69, 9.17) is 5.73 Å². The summed E-state index contributed by atoms with van der Waals surface area (Å²) >= 11 is 0. The molecule has 1 aliphatic rings. The molecule has 1 aliphatic carbocycles. The van der Waals surface area contributed by atoms with Gasteiger partial charge in [-0.3, -0.25) is 9.78 Å². The second-order valence-corrected chi connectivity index (χ2v) is 4.87. The van der Waals surface area contributed by atoms with E-state index < -0.39 is 0 Å². The summed E-state index contributed by atoms with van der Waals surface area (Å²) < 4.78 is 0. The lowest BCUT2D eigenvalue weighted by molar-refractivity contribution is -0.123. The van der Waals surface area contributed by atoms with Crippen molar-refractivity contribution >= 4 is 5.78 Å². The normalized spacial score (nSPS) is 25.2. The van der Waals surface area contributed by atoms with E-state index in [0.717, 1.165) is 31.4 Å². The minimum absolute atomic E-state index is 0.0412. The summed E-state index contributed by atoms with van der Waals surface area (Å²) in [5, 5.41) is 0. The van der Waals surface area contributed by atoms with E-state index in [2.05, 4.69) is 4.98 Å². The van der Waals surface area contributed by atoms with Gasteiger partial charge in [-0.1, -0.05) is 25.3 Å². The van der Waals surface area contributed by atoms with Crippen LogP contribution in [0.1, 0.15) is 37.8 Å². The van der Waals surface area contributed by atoms with Crippen LogP contribution in [0.25, 0.3) is 0 Å². The van der Waals surface area contributed by atoms with Gasteiger partial charge >= 0.3 is 0 Å². The van der Waals surface area contributed by atoms with Gasteiger partial charge in [0.1, 0.15) is 5.78 Å². The minimum Gasteiger partial charge on any atom is -0.327 e. The lowest BCUT2D eigenvalue weighted by atomic mass is 9.89. The maximum atomic E-state index is 12.2. The van der Waals surface area contributed by atoms with Gasteiger partial charge in [0, 0.05) is 30.3 Å². The van der Waals surface area contributed by atoms with Crippen LogP contribution in [0.5, 0.6) is 0 Å². The molecule has 1 fully saturated rings. The molecule has 92 valence electrons. The molecule has 0 spiro atoms. The van der Waals surface area contributed by atoms with E-state index in [0.29, 0.717) is 6.42 Å². The standard InChI is InChI=1S/C14H20N2O/c15-13-8-3-1-2-7-12(13)14(17)10-11-6-4-5-9-16-11/h4-6,9,12-13H,1-3,7-8,10,15H2. The number of hydrogen-bond donors (Lipinski definition) is 1. The van der Waals surface area contributed by atoms with Gasteiger partial charge in [0.25, 0.3) is 0 Å². The first-order valence-electron chi connectivity index (χ1n) is 6.45. The van der Waals surface area contributed by atoms with E-state index in [1.54, 1.807) is 6.20 Å². The fraction of sp³-hybridized carbons (Fsp3) is 0.571. The lowest BCUT2D eigenvalue weighted by Gasteiger charge is -2.19. The molecule has 2 atom stereocenters. The van der Waals surface area contributed by atoms with Gasteiger partial charge in [0.05, 0.1) is 0 Å². The number of carbonyl (C=O) groups excluding carboxylic acids is 1. The molecule has 17 heavy (non-hydrogen) atoms. The van der Waals surface area contributed by atoms with Crippen LogP contribution in [0.2, 0.25) is 0 Å². The summed E-state index contributed by atoms with van der Waals surface area (Å²) in [5.74, 6) is 0.303. The topological polar surface area (TPSA) is 56.0 Å². The van der Waals surface area contributed by atoms with E-state index in [9.17, 15) is 4.79 Å². The van der Waals surface area contributed by atoms with E-state index in [-0.39, 0.29) is 17.7 Å². The molecule has 0 bridgehead atoms. The Balaban J connectivity index is 1.99. The third kappa shape index (κ3) is 3.37. The Hall–Kier alpha value is -1.22. The van der Waals surface area contributed by atoms with Crippen molar-refractivity contribution in [1.82, 2.24) is 4.98 Å². The molecular weight excluding hydrogens is 212 g/mol. The van der Waals surface area contributed by atoms with Gasteiger partial charge < -0.3 is 5.73 Å². The van der Waals surface area contributed by atoms with E-state index >= 15 is 0 Å². The largest absolute Gasteiger partial charge is 0.327 e. The quantitative estimate of drug-likeness (QED) is 0.812. The van der Waals surface area contributed by atoms with Crippen LogP contribution in [-0.2, 0) is 11.2 Å². The van der Waals surface area contributed by atoms with Gasteiger partial charge in [-0.05, 0) is 25.0 Å². The Morgan fingerprint density at radius 2 is 2.12 bits per heavy atom. The zero-order valence-corrected chi connectivity index (χ0v) is 10.1. The summed E-state index contributed by atoms with van der Waals surface area (Å²) in [6.45, 7) is 0. The molecule has 1 aromatic heterocycles. The Labute approximate surface area is 102 Å². The molecule has 1 aromatic rings. The highest BCUT2D eigenvalue weighted by Gasteiger charge is 2.26. The fourth-order valence-electron chi connectivity index (χ4n) is 2.55. The van der Waals surface area contributed by atoms with Crippen LogP contribution in [-0.4, -0.2) is 16.8 Å². The summed E-state index contributed by atoms with van der Waals surface area (Å²) in [4.78, 5) is 16.4. The van der Waals surface area contributed by atoms with E-state index in [1.807, 2.05) is 18.2 Å². The molecule has 0 amide bonds. The molecule has 0 radical (unpaired) electrons. The molecule has 0 aliphatic heterocycles. The molecule has 2 rings (SSSR count). The Morgan fingerprint density at radius 3 is 2.88 bits per heavy atom. The van der Waals surface area contributed by atoms with Crippen molar-refractivity contribution in [2.45, 2.75) is 44.6 Å². The fourth-order valence-corrected chi connectivity index (χ4v) is 2.55. The summed E-state index contributed by atoms with van der Waals surface area (Å²) in [7, 11) is 0. The van der Waals surface area contributed by atoms with Crippen LogP contribution < -0.4 is 5.73 Å². The number of nitrogens with zero attached hydrogens (tertiary/aromatic N) is 1. The molecular formula is C14H20N2O. The Bertz CT molecular complexity index is 364. The number of carbonyl (C=O) groups is 1. The maximum Gasteiger partial charge on any atom is 0.143 e. The third-order valence-electron chi connectivity index (χ3n) is 3.56. The Kier molecular flexibility index (Phi) is 4.26. The smallest absolute Gasteiger partial charge is 0.143 e. The molecule has 0 aromatic carbocycles. The van der Waals surface area contributed by atoms with Crippen LogP contribution >= 0.6 is 0 Å². The second-order valence-electron chi connectivity index (χ2n) is 4.87. The molecule has 1 saturated carbocycles. The molecule has 3 nitrogen and oxygen atoms in total. The lowest BCUT2D eigenvalue weighted by Crippen LogP contribution is -2.35. The van der Waals surface area contributed by atoms with Gasteiger partial charge in [-0.15, -0.1) is 0 Å². The van der Waals surface area contributed by atoms with E-state index in [1.165, 1.54) is 6.42 Å². The van der Waals surface area contributed by atoms with Gasteiger partial charge in [0.15, 0.2) is 0 Å². The number of rotatable bonds is 3. The first-order valence-corrected chi connectivity index (χ1v) is 6.45. The number of ketones is 1. The highest BCUT2D eigenvalue weighted by Crippen LogP contribution is 2.23. The zero-order valence-electron chi connectivity index (χ0n) is 10.1. The monoisotopic (exact) mass is 232 g/mol. The average Bonchev–Trinajstić information content (AvgIpc) is 2.55. The highest BCUT2D eigenvalue weighted by molar-refractivity contribution is 5.83. The van der Waals surface area contributed by atoms with Crippen molar-refractivity contribution in [3.05, 3.63) is 30.1 Å². The maximum absolute atomic E-state index is 12.2. The highest BCUT2D eigenvalue weighted by atomic mass is 16.1. The second kappa shape index (κ2) is 5.92. The van der Waals surface area contributed by atoms with Crippen LogP contribution in [0.3, 0.4) is 0 Å². The van der Waals surface area contributed by atoms with Crippen molar-refractivity contribution in [3.8, 4) is 0 Å². The predicted octanol–water partition coefficient (Wildman–Crippen LogP) is 2.10. The van der Waals surface area contributed by atoms with Crippen LogP contribution in [0.15, 0.2) is 24.4 Å². The van der Waals surface area contributed by atoms with Crippen molar-refractivity contribution < 1.29 is 4.79 Å². The summed E-state index contributed by atoms with van der Waals surface area (Å²) in [5.41, 5.74) is 6.95. The van der Waals surface area contributed by atoms with Crippen molar-refractivity contribution in [2.24, 2.45) is 11.7 Å². The number of aromatic nitrogens is 1. The van der Waals surface area contributed by atoms with Crippen molar-refractivity contribution in [3.63, 3.8) is 0 Å².